The van der Waals surface area contributed by atoms with E-state index in [0.29, 0.717) is 0 Å². The third-order valence-electron chi connectivity index (χ3n) is 3.45. The molecule has 3 rings (SSSR count). The van der Waals surface area contributed by atoms with Crippen LogP contribution in [0.1, 0.15) is 18.5 Å². The van der Waals surface area contributed by atoms with Gasteiger partial charge in [-0.2, -0.15) is 5.10 Å². The van der Waals surface area contributed by atoms with E-state index >= 15 is 0 Å². The van der Waals surface area contributed by atoms with E-state index in [1.54, 1.807) is 10.9 Å². The maximum absolute atomic E-state index is 12.5. The lowest BCUT2D eigenvalue weighted by Crippen LogP contribution is -2.26. The summed E-state index contributed by atoms with van der Waals surface area (Å²) in [5.74, 6) is 0. The fourth-order valence-electron chi connectivity index (χ4n) is 2.23. The van der Waals surface area contributed by atoms with Crippen molar-refractivity contribution in [3.63, 3.8) is 0 Å². The third kappa shape index (κ3) is 2.69. The maximum Gasteiger partial charge on any atom is 0.350 e. The molecule has 0 radical (unpaired) electrons. The smallest absolute Gasteiger partial charge is 0.250 e. The second-order valence-electron chi connectivity index (χ2n) is 4.79. The van der Waals surface area contributed by atoms with Crippen LogP contribution >= 0.6 is 15.9 Å². The molecule has 1 unspecified atom stereocenters. The van der Waals surface area contributed by atoms with Crippen LogP contribution in [-0.2, 0) is 0 Å². The van der Waals surface area contributed by atoms with E-state index in [1.807, 2.05) is 61.5 Å². The van der Waals surface area contributed by atoms with Gasteiger partial charge in [0.15, 0.2) is 0 Å². The largest absolute Gasteiger partial charge is 0.350 e. The Kier molecular flexibility index (Phi) is 3.75. The first-order chi connectivity index (χ1) is 10.2. The molecule has 4 nitrogen and oxygen atoms in total. The molecule has 0 fully saturated rings. The maximum atomic E-state index is 12.5. The normalized spacial score (nSPS) is 12.3. The first-order valence-electron chi connectivity index (χ1n) is 6.64. The van der Waals surface area contributed by atoms with E-state index < -0.39 is 0 Å². The number of benzene rings is 2. The summed E-state index contributed by atoms with van der Waals surface area (Å²) in [6, 6.07) is 17.3. The van der Waals surface area contributed by atoms with Crippen molar-refractivity contribution in [2.24, 2.45) is 0 Å². The molecular formula is C16H14BrN3O. The molecule has 0 saturated carbocycles. The van der Waals surface area contributed by atoms with E-state index in [4.69, 9.17) is 0 Å². The Labute approximate surface area is 130 Å². The fourth-order valence-corrected chi connectivity index (χ4v) is 2.50. The van der Waals surface area contributed by atoms with Gasteiger partial charge in [-0.15, -0.1) is 0 Å². The first kappa shape index (κ1) is 13.8. The summed E-state index contributed by atoms with van der Waals surface area (Å²) in [7, 11) is 0. The van der Waals surface area contributed by atoms with Crippen molar-refractivity contribution in [1.82, 2.24) is 14.3 Å². The van der Waals surface area contributed by atoms with Gasteiger partial charge in [-0.25, -0.2) is 14.0 Å². The summed E-state index contributed by atoms with van der Waals surface area (Å²) >= 11 is 3.39. The van der Waals surface area contributed by atoms with Crippen molar-refractivity contribution in [2.75, 3.05) is 0 Å². The van der Waals surface area contributed by atoms with Crippen molar-refractivity contribution in [3.8, 4) is 5.69 Å². The molecule has 3 aromatic rings. The van der Waals surface area contributed by atoms with E-state index in [9.17, 15) is 4.79 Å². The summed E-state index contributed by atoms with van der Waals surface area (Å²) < 4.78 is 4.02. The van der Waals surface area contributed by atoms with Crippen LogP contribution in [0.3, 0.4) is 0 Å². The number of aromatic nitrogens is 3. The van der Waals surface area contributed by atoms with Crippen LogP contribution in [0.5, 0.6) is 0 Å². The lowest BCUT2D eigenvalue weighted by Gasteiger charge is -2.10. The number of rotatable bonds is 3. The predicted octanol–water partition coefficient (Wildman–Crippen LogP) is 3.41. The van der Waals surface area contributed by atoms with Gasteiger partial charge >= 0.3 is 5.69 Å². The van der Waals surface area contributed by atoms with E-state index in [1.165, 1.54) is 4.68 Å². The minimum Gasteiger partial charge on any atom is -0.250 e. The molecule has 0 aliphatic carbocycles. The molecular weight excluding hydrogens is 330 g/mol. The Hall–Kier alpha value is -2.14. The zero-order chi connectivity index (χ0) is 14.8. The molecule has 0 spiro atoms. The Morgan fingerprint density at radius 3 is 2.38 bits per heavy atom. The van der Waals surface area contributed by atoms with Crippen molar-refractivity contribution < 1.29 is 0 Å². The number of hydrogen-bond donors (Lipinski definition) is 0. The molecule has 0 N–H and O–H groups in total. The fraction of sp³-hybridized carbons (Fsp3) is 0.125. The summed E-state index contributed by atoms with van der Waals surface area (Å²) in [5, 5.41) is 4.25. The van der Waals surface area contributed by atoms with Gasteiger partial charge in [-0.05, 0) is 36.8 Å². The second-order valence-corrected chi connectivity index (χ2v) is 5.71. The third-order valence-corrected chi connectivity index (χ3v) is 3.98. The quantitative estimate of drug-likeness (QED) is 0.731. The molecule has 21 heavy (non-hydrogen) atoms. The predicted molar refractivity (Wildman–Crippen MR) is 85.8 cm³/mol. The Balaban J connectivity index is 2.00. The summed E-state index contributed by atoms with van der Waals surface area (Å²) in [6.45, 7) is 1.97. The SMILES string of the molecule is CC(c1ccccc1)n1ncn(-c2ccc(Br)cc2)c1=O. The standard InChI is InChI=1S/C16H14BrN3O/c1-12(13-5-3-2-4-6-13)20-16(21)19(11-18-20)15-9-7-14(17)8-10-15/h2-12H,1H3. The minimum absolute atomic E-state index is 0.101. The van der Waals surface area contributed by atoms with Crippen LogP contribution in [-0.4, -0.2) is 14.3 Å². The molecule has 1 atom stereocenters. The van der Waals surface area contributed by atoms with Crippen LogP contribution in [0, 0.1) is 0 Å². The summed E-state index contributed by atoms with van der Waals surface area (Å²) in [5.41, 5.74) is 1.71. The van der Waals surface area contributed by atoms with Gasteiger partial charge in [-0.3, -0.25) is 0 Å². The van der Waals surface area contributed by atoms with Gasteiger partial charge in [-0.1, -0.05) is 46.3 Å². The number of halogens is 1. The lowest BCUT2D eigenvalue weighted by atomic mass is 10.1. The average molecular weight is 344 g/mol. The molecule has 0 aliphatic rings. The van der Waals surface area contributed by atoms with Crippen LogP contribution < -0.4 is 5.69 Å². The van der Waals surface area contributed by atoms with Crippen molar-refractivity contribution in [3.05, 3.63) is 81.4 Å². The topological polar surface area (TPSA) is 39.8 Å². The van der Waals surface area contributed by atoms with Crippen molar-refractivity contribution in [2.45, 2.75) is 13.0 Å². The van der Waals surface area contributed by atoms with Crippen molar-refractivity contribution >= 4 is 15.9 Å². The highest BCUT2D eigenvalue weighted by Crippen LogP contribution is 2.16. The van der Waals surface area contributed by atoms with Gasteiger partial charge < -0.3 is 0 Å². The lowest BCUT2D eigenvalue weighted by molar-refractivity contribution is 0.541. The first-order valence-corrected chi connectivity index (χ1v) is 7.43. The van der Waals surface area contributed by atoms with E-state index in [0.717, 1.165) is 15.7 Å². The molecule has 0 saturated heterocycles. The Morgan fingerprint density at radius 1 is 1.05 bits per heavy atom. The molecule has 5 heteroatoms. The molecule has 1 heterocycles. The molecule has 106 valence electrons. The van der Waals surface area contributed by atoms with Crippen LogP contribution in [0.2, 0.25) is 0 Å². The average Bonchev–Trinajstić information content (AvgIpc) is 2.90. The highest BCUT2D eigenvalue weighted by molar-refractivity contribution is 9.10. The highest BCUT2D eigenvalue weighted by Gasteiger charge is 2.14. The second kappa shape index (κ2) is 5.69. The van der Waals surface area contributed by atoms with E-state index in [-0.39, 0.29) is 11.7 Å². The Bertz CT molecular complexity index is 790. The zero-order valence-electron chi connectivity index (χ0n) is 11.5. The molecule has 1 aromatic heterocycles. The number of nitrogens with zero attached hydrogens (tertiary/aromatic N) is 3. The van der Waals surface area contributed by atoms with Crippen LogP contribution in [0.15, 0.2) is 70.2 Å². The summed E-state index contributed by atoms with van der Waals surface area (Å²) in [6.07, 6.45) is 1.56. The van der Waals surface area contributed by atoms with Gasteiger partial charge in [0.1, 0.15) is 6.33 Å². The van der Waals surface area contributed by atoms with Gasteiger partial charge in [0.05, 0.1) is 11.7 Å². The molecule has 0 bridgehead atoms. The van der Waals surface area contributed by atoms with Crippen LogP contribution in [0.25, 0.3) is 5.69 Å². The molecule has 2 aromatic carbocycles. The minimum atomic E-state index is -0.145. The monoisotopic (exact) mass is 343 g/mol. The molecule has 0 amide bonds. The van der Waals surface area contributed by atoms with E-state index in [2.05, 4.69) is 21.0 Å². The van der Waals surface area contributed by atoms with Gasteiger partial charge in [0.25, 0.3) is 0 Å². The molecule has 0 aliphatic heterocycles. The van der Waals surface area contributed by atoms with Gasteiger partial charge in [0.2, 0.25) is 0 Å². The van der Waals surface area contributed by atoms with Gasteiger partial charge in [0, 0.05) is 4.47 Å². The van der Waals surface area contributed by atoms with Crippen molar-refractivity contribution in [1.29, 1.82) is 0 Å². The Morgan fingerprint density at radius 2 is 1.71 bits per heavy atom. The zero-order valence-corrected chi connectivity index (χ0v) is 13.1. The van der Waals surface area contributed by atoms with Crippen LogP contribution in [0.4, 0.5) is 0 Å². The number of hydrogen-bond acceptors (Lipinski definition) is 2. The highest BCUT2D eigenvalue weighted by atomic mass is 79.9. The summed E-state index contributed by atoms with van der Waals surface area (Å²) in [4.78, 5) is 12.5.